The average Bonchev–Trinajstić information content (AvgIpc) is 2.56. The molecule has 1 radical (unpaired) electrons. The number of benzene rings is 3. The van der Waals surface area contributed by atoms with E-state index in [2.05, 4.69) is 6.07 Å². The van der Waals surface area contributed by atoms with Crippen LogP contribution < -0.4 is 4.74 Å². The van der Waals surface area contributed by atoms with E-state index in [1.165, 1.54) is 12.1 Å². The molecule has 0 aliphatic carbocycles. The van der Waals surface area contributed by atoms with Crippen LogP contribution in [-0.2, 0) is 6.18 Å². The van der Waals surface area contributed by atoms with Crippen molar-refractivity contribution in [3.05, 3.63) is 84.4 Å². The standard InChI is InChI=1S/C19H12F3O/c20-19(21,22)15-12-10-14(11-13-15)17-8-4-5-9-18(17)23-16-6-2-1-3-7-16/h1-7,9-13H. The van der Waals surface area contributed by atoms with Gasteiger partial charge in [-0.15, -0.1) is 0 Å². The molecular weight excluding hydrogens is 301 g/mol. The Morgan fingerprint density at radius 1 is 0.783 bits per heavy atom. The van der Waals surface area contributed by atoms with Crippen molar-refractivity contribution < 1.29 is 17.9 Å². The molecule has 4 heteroatoms. The fourth-order valence-corrected chi connectivity index (χ4v) is 2.17. The van der Waals surface area contributed by atoms with Crippen LogP contribution in [0.2, 0.25) is 0 Å². The molecule has 0 amide bonds. The highest BCUT2D eigenvalue weighted by Gasteiger charge is 2.30. The van der Waals surface area contributed by atoms with Crippen LogP contribution in [0.4, 0.5) is 13.2 Å². The van der Waals surface area contributed by atoms with Gasteiger partial charge in [-0.2, -0.15) is 13.2 Å². The summed E-state index contributed by atoms with van der Waals surface area (Å²) in [4.78, 5) is 0. The molecule has 23 heavy (non-hydrogen) atoms. The van der Waals surface area contributed by atoms with Gasteiger partial charge in [0.15, 0.2) is 0 Å². The minimum atomic E-state index is -4.34. The van der Waals surface area contributed by atoms with Crippen molar-refractivity contribution in [1.29, 1.82) is 0 Å². The van der Waals surface area contributed by atoms with E-state index in [1.807, 2.05) is 30.3 Å². The summed E-state index contributed by atoms with van der Waals surface area (Å²) in [6.45, 7) is 0. The first-order valence-electron chi connectivity index (χ1n) is 6.95. The molecule has 115 valence electrons. The Kier molecular flexibility index (Phi) is 4.06. The smallest absolute Gasteiger partial charge is 0.416 e. The van der Waals surface area contributed by atoms with Crippen LogP contribution in [0.1, 0.15) is 5.56 Å². The second-order valence-electron chi connectivity index (χ2n) is 4.90. The molecule has 0 fully saturated rings. The van der Waals surface area contributed by atoms with Crippen molar-refractivity contribution in [3.63, 3.8) is 0 Å². The lowest BCUT2D eigenvalue weighted by Gasteiger charge is -2.12. The van der Waals surface area contributed by atoms with E-state index >= 15 is 0 Å². The summed E-state index contributed by atoms with van der Waals surface area (Å²) in [5, 5.41) is 0. The van der Waals surface area contributed by atoms with E-state index in [0.29, 0.717) is 22.6 Å². The van der Waals surface area contributed by atoms with Crippen LogP contribution in [0.15, 0.2) is 72.8 Å². The second-order valence-corrected chi connectivity index (χ2v) is 4.90. The predicted molar refractivity (Wildman–Crippen MR) is 82.2 cm³/mol. The number of para-hydroxylation sites is 1. The lowest BCUT2D eigenvalue weighted by atomic mass is 10.0. The molecule has 0 saturated carbocycles. The molecule has 0 bridgehead atoms. The van der Waals surface area contributed by atoms with Crippen LogP contribution >= 0.6 is 0 Å². The molecule has 0 spiro atoms. The SMILES string of the molecule is FC(F)(F)c1ccc(-c2[c]cccc2Oc2ccccc2)cc1. The fraction of sp³-hybridized carbons (Fsp3) is 0.0526. The molecule has 0 atom stereocenters. The Balaban J connectivity index is 1.94. The normalized spacial score (nSPS) is 11.3. The second kappa shape index (κ2) is 6.16. The minimum Gasteiger partial charge on any atom is -0.457 e. The Morgan fingerprint density at radius 3 is 2.13 bits per heavy atom. The van der Waals surface area contributed by atoms with Crippen molar-refractivity contribution in [3.8, 4) is 22.6 Å². The van der Waals surface area contributed by atoms with Crippen molar-refractivity contribution in [2.24, 2.45) is 0 Å². The monoisotopic (exact) mass is 313 g/mol. The Morgan fingerprint density at radius 2 is 1.48 bits per heavy atom. The summed E-state index contributed by atoms with van der Waals surface area (Å²) >= 11 is 0. The summed E-state index contributed by atoms with van der Waals surface area (Å²) in [5.74, 6) is 1.19. The van der Waals surface area contributed by atoms with Gasteiger partial charge < -0.3 is 4.74 Å². The third kappa shape index (κ3) is 3.54. The maximum Gasteiger partial charge on any atom is 0.416 e. The van der Waals surface area contributed by atoms with Gasteiger partial charge in [0.25, 0.3) is 0 Å². The number of halogens is 3. The zero-order valence-electron chi connectivity index (χ0n) is 12.0. The van der Waals surface area contributed by atoms with Crippen LogP contribution in [-0.4, -0.2) is 0 Å². The summed E-state index contributed by atoms with van der Waals surface area (Å²) in [6, 6.07) is 22.4. The minimum absolute atomic E-state index is 0.540. The van der Waals surface area contributed by atoms with Crippen molar-refractivity contribution in [2.75, 3.05) is 0 Å². The highest BCUT2D eigenvalue weighted by Crippen LogP contribution is 2.35. The van der Waals surface area contributed by atoms with Gasteiger partial charge in [0.2, 0.25) is 0 Å². The molecule has 3 rings (SSSR count). The van der Waals surface area contributed by atoms with E-state index in [9.17, 15) is 13.2 Å². The van der Waals surface area contributed by atoms with Gasteiger partial charge in [-0.3, -0.25) is 0 Å². The first-order valence-corrected chi connectivity index (χ1v) is 6.95. The lowest BCUT2D eigenvalue weighted by molar-refractivity contribution is -0.137. The van der Waals surface area contributed by atoms with Gasteiger partial charge >= 0.3 is 6.18 Å². The van der Waals surface area contributed by atoms with Gasteiger partial charge in [-0.05, 0) is 42.0 Å². The van der Waals surface area contributed by atoms with E-state index in [-0.39, 0.29) is 0 Å². The zero-order valence-corrected chi connectivity index (χ0v) is 12.0. The van der Waals surface area contributed by atoms with E-state index in [4.69, 9.17) is 4.74 Å². The van der Waals surface area contributed by atoms with Crippen molar-refractivity contribution in [1.82, 2.24) is 0 Å². The molecule has 0 saturated heterocycles. The summed E-state index contributed by atoms with van der Waals surface area (Å²) in [7, 11) is 0. The van der Waals surface area contributed by atoms with Crippen LogP contribution in [0.3, 0.4) is 0 Å². The fourth-order valence-electron chi connectivity index (χ4n) is 2.17. The Hall–Kier alpha value is -2.75. The molecule has 3 aromatic carbocycles. The quantitative estimate of drug-likeness (QED) is 0.579. The molecule has 0 aromatic heterocycles. The summed E-state index contributed by atoms with van der Waals surface area (Å²) < 4.78 is 43.8. The Bertz CT molecular complexity index is 778. The van der Waals surface area contributed by atoms with Crippen LogP contribution in [0, 0.1) is 6.07 Å². The highest BCUT2D eigenvalue weighted by atomic mass is 19.4. The van der Waals surface area contributed by atoms with Crippen molar-refractivity contribution in [2.45, 2.75) is 6.18 Å². The molecule has 0 heterocycles. The third-order valence-electron chi connectivity index (χ3n) is 3.29. The molecule has 0 aliphatic heterocycles. The molecular formula is C19H12F3O. The van der Waals surface area contributed by atoms with Gasteiger partial charge in [-0.25, -0.2) is 0 Å². The first kappa shape index (κ1) is 15.2. The number of hydrogen-bond acceptors (Lipinski definition) is 1. The maximum atomic E-state index is 12.7. The number of alkyl halides is 3. The molecule has 0 N–H and O–H groups in total. The third-order valence-corrected chi connectivity index (χ3v) is 3.29. The maximum absolute atomic E-state index is 12.7. The van der Waals surface area contributed by atoms with Crippen molar-refractivity contribution >= 4 is 0 Å². The topological polar surface area (TPSA) is 9.23 Å². The summed E-state index contributed by atoms with van der Waals surface area (Å²) in [5.41, 5.74) is 0.553. The molecule has 1 nitrogen and oxygen atoms in total. The van der Waals surface area contributed by atoms with Gasteiger partial charge in [0.05, 0.1) is 5.56 Å². The molecule has 0 aliphatic rings. The van der Waals surface area contributed by atoms with Gasteiger partial charge in [0.1, 0.15) is 11.5 Å². The van der Waals surface area contributed by atoms with E-state index < -0.39 is 11.7 Å². The number of rotatable bonds is 3. The van der Waals surface area contributed by atoms with Gasteiger partial charge in [-0.1, -0.05) is 42.5 Å². The molecule has 3 aromatic rings. The Labute approximate surface area is 132 Å². The average molecular weight is 313 g/mol. The largest absolute Gasteiger partial charge is 0.457 e. The van der Waals surface area contributed by atoms with E-state index in [0.717, 1.165) is 12.1 Å². The van der Waals surface area contributed by atoms with Gasteiger partial charge in [0, 0.05) is 5.56 Å². The van der Waals surface area contributed by atoms with Crippen LogP contribution in [0.5, 0.6) is 11.5 Å². The first-order chi connectivity index (χ1) is 11.0. The zero-order chi connectivity index (χ0) is 16.3. The number of ether oxygens (including phenoxy) is 1. The highest BCUT2D eigenvalue weighted by molar-refractivity contribution is 5.70. The van der Waals surface area contributed by atoms with E-state index in [1.54, 1.807) is 18.2 Å². The molecule has 0 unspecified atom stereocenters. The predicted octanol–water partition coefficient (Wildman–Crippen LogP) is 5.96. The summed E-state index contributed by atoms with van der Waals surface area (Å²) in [6.07, 6.45) is -4.34. The van der Waals surface area contributed by atoms with Crippen LogP contribution in [0.25, 0.3) is 11.1 Å². The lowest BCUT2D eigenvalue weighted by Crippen LogP contribution is -2.04. The number of hydrogen-bond donors (Lipinski definition) is 0.